The fraction of sp³-hybridized carbons (Fsp3) is 0.190. The molecule has 0 unspecified atom stereocenters. The van der Waals surface area contributed by atoms with Gasteiger partial charge in [-0.1, -0.05) is 12.1 Å². The predicted molar refractivity (Wildman–Crippen MR) is 113 cm³/mol. The van der Waals surface area contributed by atoms with E-state index in [-0.39, 0.29) is 11.7 Å². The van der Waals surface area contributed by atoms with Crippen molar-refractivity contribution < 1.29 is 18.9 Å². The highest BCUT2D eigenvalue weighted by molar-refractivity contribution is 5.90. The van der Waals surface area contributed by atoms with Gasteiger partial charge in [0.05, 0.1) is 22.8 Å². The number of aromatic nitrogens is 3. The number of nitro groups is 1. The van der Waals surface area contributed by atoms with Crippen LogP contribution < -0.4 is 5.32 Å². The number of carbonyl (C=O) groups excluding carboxylic acids is 1. The van der Waals surface area contributed by atoms with Crippen LogP contribution in [0.3, 0.4) is 0 Å². The summed E-state index contributed by atoms with van der Waals surface area (Å²) >= 11 is 0. The van der Waals surface area contributed by atoms with E-state index in [9.17, 15) is 14.9 Å². The number of non-ortho nitro benzene ring substituents is 1. The van der Waals surface area contributed by atoms with E-state index in [0.717, 1.165) is 5.39 Å². The van der Waals surface area contributed by atoms with Crippen LogP contribution in [0, 0.1) is 10.1 Å². The minimum atomic E-state index is -0.626. The molecule has 4 rings (SSSR count). The summed E-state index contributed by atoms with van der Waals surface area (Å²) < 4.78 is 12.2. The quantitative estimate of drug-likeness (QED) is 0.355. The number of benzene rings is 2. The van der Waals surface area contributed by atoms with Gasteiger partial charge in [0.15, 0.2) is 5.76 Å². The predicted octanol–water partition coefficient (Wildman–Crippen LogP) is 5.13. The number of nitrogens with zero attached hydrogens (tertiary/aromatic N) is 4. The lowest BCUT2D eigenvalue weighted by Gasteiger charge is -2.19. The van der Waals surface area contributed by atoms with Crippen LogP contribution in [0.4, 0.5) is 22.2 Å². The van der Waals surface area contributed by atoms with Crippen molar-refractivity contribution in [3.05, 3.63) is 65.0 Å². The average molecular weight is 421 g/mol. The summed E-state index contributed by atoms with van der Waals surface area (Å²) in [7, 11) is 0. The van der Waals surface area contributed by atoms with Crippen molar-refractivity contribution in [3.8, 4) is 11.3 Å². The van der Waals surface area contributed by atoms with Crippen molar-refractivity contribution in [2.75, 3.05) is 5.32 Å². The Hall–Kier alpha value is -4.21. The van der Waals surface area contributed by atoms with Crippen molar-refractivity contribution in [2.24, 2.45) is 0 Å². The number of carbonyl (C=O) groups is 1. The molecule has 0 amide bonds. The molecule has 0 bridgehead atoms. The Morgan fingerprint density at radius 3 is 2.74 bits per heavy atom. The molecule has 0 aliphatic carbocycles. The second kappa shape index (κ2) is 7.56. The molecular weight excluding hydrogens is 402 g/mol. The zero-order valence-corrected chi connectivity index (χ0v) is 17.0. The van der Waals surface area contributed by atoms with E-state index in [2.05, 4.69) is 15.4 Å². The van der Waals surface area contributed by atoms with E-state index < -0.39 is 16.6 Å². The second-order valence-electron chi connectivity index (χ2n) is 7.77. The summed E-state index contributed by atoms with van der Waals surface area (Å²) in [5.74, 6) is 0.394. The molecule has 0 saturated carbocycles. The molecule has 2 aromatic carbocycles. The van der Waals surface area contributed by atoms with Gasteiger partial charge < -0.3 is 14.5 Å². The first-order chi connectivity index (χ1) is 14.7. The molecule has 0 aliphatic rings. The zero-order chi connectivity index (χ0) is 22.2. The summed E-state index contributed by atoms with van der Waals surface area (Å²) in [6, 6.07) is 11.6. The lowest BCUT2D eigenvalue weighted by molar-refractivity contribution is -0.384. The molecule has 4 aromatic rings. The van der Waals surface area contributed by atoms with Gasteiger partial charge in [0, 0.05) is 28.8 Å². The minimum Gasteiger partial charge on any atom is -0.442 e. The largest absolute Gasteiger partial charge is 0.442 e. The molecule has 0 aliphatic heterocycles. The van der Waals surface area contributed by atoms with Crippen LogP contribution in [0.2, 0.25) is 0 Å². The first kappa shape index (κ1) is 20.1. The monoisotopic (exact) mass is 421 g/mol. The smallest absolute Gasteiger partial charge is 0.435 e. The number of fused-ring (bicyclic) bond motifs is 1. The third kappa shape index (κ3) is 4.37. The Balaban J connectivity index is 1.54. The Bertz CT molecular complexity index is 1280. The molecule has 10 heteroatoms. The van der Waals surface area contributed by atoms with Gasteiger partial charge in [-0.3, -0.25) is 10.1 Å². The molecule has 2 aromatic heterocycles. The summed E-state index contributed by atoms with van der Waals surface area (Å²) in [5.41, 5.74) is 1.16. The molecule has 0 radical (unpaired) electrons. The maximum Gasteiger partial charge on any atom is 0.435 e. The van der Waals surface area contributed by atoms with Gasteiger partial charge >= 0.3 is 6.09 Å². The number of rotatable bonds is 4. The molecule has 2 heterocycles. The van der Waals surface area contributed by atoms with Crippen LogP contribution >= 0.6 is 0 Å². The molecule has 158 valence electrons. The minimum absolute atomic E-state index is 0.0316. The first-order valence-corrected chi connectivity index (χ1v) is 9.38. The normalized spacial score (nSPS) is 11.5. The molecule has 0 atom stereocenters. The number of hydrogen-bond donors (Lipinski definition) is 1. The fourth-order valence-electron chi connectivity index (χ4n) is 2.92. The molecule has 1 N–H and O–H groups in total. The van der Waals surface area contributed by atoms with Gasteiger partial charge in [-0.15, -0.1) is 0 Å². The Morgan fingerprint density at radius 1 is 1.19 bits per heavy atom. The number of oxazole rings is 1. The highest BCUT2D eigenvalue weighted by atomic mass is 16.6. The maximum absolute atomic E-state index is 12.3. The summed E-state index contributed by atoms with van der Waals surface area (Å²) in [6.45, 7) is 5.37. The van der Waals surface area contributed by atoms with Crippen molar-refractivity contribution in [1.82, 2.24) is 14.8 Å². The van der Waals surface area contributed by atoms with Crippen molar-refractivity contribution in [3.63, 3.8) is 0 Å². The summed E-state index contributed by atoms with van der Waals surface area (Å²) in [5, 5.41) is 18.8. The molecule has 0 fully saturated rings. The van der Waals surface area contributed by atoms with Crippen molar-refractivity contribution >= 4 is 34.4 Å². The third-order valence-corrected chi connectivity index (χ3v) is 4.23. The van der Waals surface area contributed by atoms with Crippen LogP contribution in [0.1, 0.15) is 20.8 Å². The van der Waals surface area contributed by atoms with Gasteiger partial charge in [0.25, 0.3) is 11.7 Å². The van der Waals surface area contributed by atoms with Crippen LogP contribution in [-0.2, 0) is 4.74 Å². The number of nitro benzene ring substituents is 1. The van der Waals surface area contributed by atoms with E-state index >= 15 is 0 Å². The highest BCUT2D eigenvalue weighted by Gasteiger charge is 2.20. The van der Waals surface area contributed by atoms with Crippen LogP contribution in [0.15, 0.2) is 59.3 Å². The molecule has 10 nitrogen and oxygen atoms in total. The van der Waals surface area contributed by atoms with Crippen molar-refractivity contribution in [1.29, 1.82) is 0 Å². The van der Waals surface area contributed by atoms with E-state index in [1.807, 2.05) is 0 Å². The lowest BCUT2D eigenvalue weighted by Crippen LogP contribution is -2.27. The molecular formula is C21H19N5O5. The van der Waals surface area contributed by atoms with E-state index in [0.29, 0.717) is 22.5 Å². The van der Waals surface area contributed by atoms with Gasteiger partial charge in [-0.25, -0.2) is 9.78 Å². The van der Waals surface area contributed by atoms with E-state index in [1.165, 1.54) is 23.0 Å². The van der Waals surface area contributed by atoms with E-state index in [1.54, 1.807) is 57.3 Å². The zero-order valence-electron chi connectivity index (χ0n) is 17.0. The fourth-order valence-corrected chi connectivity index (χ4v) is 2.92. The highest BCUT2D eigenvalue weighted by Crippen LogP contribution is 2.28. The molecule has 0 saturated heterocycles. The van der Waals surface area contributed by atoms with Crippen LogP contribution in [-0.4, -0.2) is 31.4 Å². The van der Waals surface area contributed by atoms with Gasteiger partial charge in [0.1, 0.15) is 5.60 Å². The maximum atomic E-state index is 12.3. The lowest BCUT2D eigenvalue weighted by atomic mass is 10.2. The summed E-state index contributed by atoms with van der Waals surface area (Å²) in [4.78, 5) is 27.0. The van der Waals surface area contributed by atoms with Gasteiger partial charge in [-0.05, 0) is 39.0 Å². The van der Waals surface area contributed by atoms with Crippen LogP contribution in [0.5, 0.6) is 0 Å². The Labute approximate surface area is 176 Å². The Kier molecular flexibility index (Phi) is 4.90. The third-order valence-electron chi connectivity index (χ3n) is 4.23. The van der Waals surface area contributed by atoms with Crippen LogP contribution in [0.25, 0.3) is 22.2 Å². The van der Waals surface area contributed by atoms with E-state index in [4.69, 9.17) is 9.15 Å². The summed E-state index contributed by atoms with van der Waals surface area (Å²) in [6.07, 6.45) is 2.49. The standard InChI is InChI=1S/C21H19N5O5/c1-21(2,3)31-20(27)25-17-8-7-15(9-14(17)11-23-25)24-19-22-12-18(30-19)13-5-4-6-16(10-13)26(28)29/h4-12H,1-3H3,(H,22,24). The Morgan fingerprint density at radius 2 is 2.00 bits per heavy atom. The molecule has 31 heavy (non-hydrogen) atoms. The van der Waals surface area contributed by atoms with Gasteiger partial charge in [-0.2, -0.15) is 9.78 Å². The molecule has 0 spiro atoms. The topological polar surface area (TPSA) is 125 Å². The number of nitrogens with one attached hydrogen (secondary N) is 1. The number of ether oxygens (including phenoxy) is 1. The number of anilines is 2. The average Bonchev–Trinajstić information content (AvgIpc) is 3.33. The van der Waals surface area contributed by atoms with Gasteiger partial charge in [0.2, 0.25) is 0 Å². The second-order valence-corrected chi connectivity index (χ2v) is 7.77. The first-order valence-electron chi connectivity index (χ1n) is 9.38. The van der Waals surface area contributed by atoms with Crippen molar-refractivity contribution in [2.45, 2.75) is 26.4 Å². The SMILES string of the molecule is CC(C)(C)OC(=O)n1ncc2cc(Nc3ncc(-c4cccc([N+](=O)[O-])c4)o3)ccc21. The number of hydrogen-bond acceptors (Lipinski definition) is 8.